The van der Waals surface area contributed by atoms with Gasteiger partial charge in [-0.2, -0.15) is 0 Å². The van der Waals surface area contributed by atoms with E-state index in [0.717, 1.165) is 13.0 Å². The van der Waals surface area contributed by atoms with Gasteiger partial charge in [-0.1, -0.05) is 27.2 Å². The number of hydrogen-bond donors (Lipinski definition) is 2. The highest BCUT2D eigenvalue weighted by molar-refractivity contribution is 4.92. The first kappa shape index (κ1) is 17.9. The van der Waals surface area contributed by atoms with Crippen LogP contribution in [-0.2, 0) is 0 Å². The molecule has 1 fully saturated rings. The van der Waals surface area contributed by atoms with Crippen molar-refractivity contribution >= 4 is 0 Å². The first-order valence-electron chi connectivity index (χ1n) is 8.27. The van der Waals surface area contributed by atoms with Gasteiger partial charge in [0.05, 0.1) is 6.61 Å². The van der Waals surface area contributed by atoms with E-state index in [1.54, 1.807) is 0 Å². The van der Waals surface area contributed by atoms with Crippen LogP contribution in [0, 0.1) is 5.41 Å². The van der Waals surface area contributed by atoms with Crippen molar-refractivity contribution in [3.05, 3.63) is 0 Å². The summed E-state index contributed by atoms with van der Waals surface area (Å²) in [6.45, 7) is 12.8. The molecule has 0 amide bonds. The van der Waals surface area contributed by atoms with Crippen LogP contribution in [0.4, 0.5) is 0 Å². The molecule has 20 heavy (non-hydrogen) atoms. The van der Waals surface area contributed by atoms with E-state index in [9.17, 15) is 5.11 Å². The van der Waals surface area contributed by atoms with Crippen molar-refractivity contribution in [1.29, 1.82) is 0 Å². The fourth-order valence-corrected chi connectivity index (χ4v) is 2.65. The van der Waals surface area contributed by atoms with Crippen molar-refractivity contribution < 1.29 is 5.11 Å². The van der Waals surface area contributed by atoms with Crippen LogP contribution in [0.3, 0.4) is 0 Å². The summed E-state index contributed by atoms with van der Waals surface area (Å²) in [6.07, 6.45) is 6.01. The Morgan fingerprint density at radius 2 is 1.80 bits per heavy atom. The van der Waals surface area contributed by atoms with Crippen molar-refractivity contribution in [2.45, 2.75) is 84.3 Å². The maximum absolute atomic E-state index is 9.59. The van der Waals surface area contributed by atoms with Gasteiger partial charge in [-0.05, 0) is 58.5 Å². The van der Waals surface area contributed by atoms with Gasteiger partial charge in [-0.3, -0.25) is 0 Å². The third-order valence-electron chi connectivity index (χ3n) is 4.88. The summed E-state index contributed by atoms with van der Waals surface area (Å²) in [5.41, 5.74) is 0.261. The number of hydrogen-bond acceptors (Lipinski definition) is 3. The van der Waals surface area contributed by atoms with Crippen LogP contribution in [0.1, 0.15) is 66.7 Å². The minimum atomic E-state index is -0.0740. The fraction of sp³-hybridized carbons (Fsp3) is 1.00. The molecule has 1 aliphatic rings. The van der Waals surface area contributed by atoms with Crippen molar-refractivity contribution in [2.24, 2.45) is 5.41 Å². The molecule has 2 unspecified atom stereocenters. The number of aliphatic hydroxyl groups is 1. The van der Waals surface area contributed by atoms with Gasteiger partial charge in [0, 0.05) is 17.6 Å². The van der Waals surface area contributed by atoms with E-state index in [2.05, 4.69) is 51.9 Å². The van der Waals surface area contributed by atoms with Gasteiger partial charge < -0.3 is 15.3 Å². The lowest BCUT2D eigenvalue weighted by atomic mass is 9.87. The van der Waals surface area contributed by atoms with E-state index in [1.165, 1.54) is 25.7 Å². The van der Waals surface area contributed by atoms with Crippen molar-refractivity contribution in [3.8, 4) is 0 Å². The lowest BCUT2D eigenvalue weighted by Gasteiger charge is -2.35. The fourth-order valence-electron chi connectivity index (χ4n) is 2.65. The van der Waals surface area contributed by atoms with Crippen LogP contribution in [0.25, 0.3) is 0 Å². The Hall–Kier alpha value is -0.120. The lowest BCUT2D eigenvalue weighted by molar-refractivity contribution is 0.132. The van der Waals surface area contributed by atoms with Crippen LogP contribution in [0.5, 0.6) is 0 Å². The molecule has 0 heterocycles. The molecule has 3 nitrogen and oxygen atoms in total. The quantitative estimate of drug-likeness (QED) is 0.639. The minimum Gasteiger partial charge on any atom is -0.394 e. The highest BCUT2D eigenvalue weighted by Gasteiger charge is 2.31. The molecule has 0 aliphatic heterocycles. The van der Waals surface area contributed by atoms with Crippen molar-refractivity contribution in [3.63, 3.8) is 0 Å². The van der Waals surface area contributed by atoms with E-state index in [4.69, 9.17) is 0 Å². The van der Waals surface area contributed by atoms with Gasteiger partial charge >= 0.3 is 0 Å². The second-order valence-corrected chi connectivity index (χ2v) is 8.12. The Morgan fingerprint density at radius 1 is 1.20 bits per heavy atom. The molecule has 0 aromatic rings. The molecule has 0 aromatic heterocycles. The van der Waals surface area contributed by atoms with E-state index in [1.807, 2.05) is 0 Å². The molecule has 2 atom stereocenters. The van der Waals surface area contributed by atoms with Gasteiger partial charge in [0.1, 0.15) is 0 Å². The zero-order valence-corrected chi connectivity index (χ0v) is 14.5. The summed E-state index contributed by atoms with van der Waals surface area (Å²) in [5.74, 6) is 0. The molecule has 0 spiro atoms. The molecule has 120 valence electrons. The largest absolute Gasteiger partial charge is 0.394 e. The van der Waals surface area contributed by atoms with Gasteiger partial charge in [0.15, 0.2) is 0 Å². The molecule has 0 aromatic carbocycles. The lowest BCUT2D eigenvalue weighted by Crippen LogP contribution is -2.47. The highest BCUT2D eigenvalue weighted by Crippen LogP contribution is 2.26. The van der Waals surface area contributed by atoms with Gasteiger partial charge in [-0.25, -0.2) is 0 Å². The molecule has 0 saturated heterocycles. The summed E-state index contributed by atoms with van der Waals surface area (Å²) >= 11 is 0. The molecular formula is C17H36N2O. The molecule has 2 N–H and O–H groups in total. The van der Waals surface area contributed by atoms with E-state index in [0.29, 0.717) is 17.5 Å². The highest BCUT2D eigenvalue weighted by atomic mass is 16.3. The third kappa shape index (κ3) is 6.11. The Kier molecular flexibility index (Phi) is 6.49. The SMILES string of the molecule is CC(N(C)CCCCC(C)(CO)NC1CC1)C(C)(C)C. The minimum absolute atomic E-state index is 0.0740. The Balaban J connectivity index is 2.22. The van der Waals surface area contributed by atoms with Crippen LogP contribution >= 0.6 is 0 Å². The smallest absolute Gasteiger partial charge is 0.0610 e. The number of unbranched alkanes of at least 4 members (excludes halogenated alkanes) is 1. The van der Waals surface area contributed by atoms with Gasteiger partial charge in [-0.15, -0.1) is 0 Å². The molecule has 0 radical (unpaired) electrons. The Morgan fingerprint density at radius 3 is 2.25 bits per heavy atom. The van der Waals surface area contributed by atoms with Crippen LogP contribution in [-0.4, -0.2) is 47.8 Å². The molecular weight excluding hydrogens is 248 g/mol. The number of aliphatic hydroxyl groups excluding tert-OH is 1. The first-order chi connectivity index (χ1) is 9.18. The topological polar surface area (TPSA) is 35.5 Å². The number of nitrogens with zero attached hydrogens (tertiary/aromatic N) is 1. The monoisotopic (exact) mass is 284 g/mol. The summed E-state index contributed by atoms with van der Waals surface area (Å²) in [4.78, 5) is 2.46. The predicted octanol–water partition coefficient (Wildman–Crippen LogP) is 3.03. The first-order valence-corrected chi connectivity index (χ1v) is 8.27. The molecule has 1 aliphatic carbocycles. The summed E-state index contributed by atoms with van der Waals surface area (Å²) in [6, 6.07) is 1.26. The van der Waals surface area contributed by atoms with Crippen molar-refractivity contribution in [2.75, 3.05) is 20.2 Å². The molecule has 1 rings (SSSR count). The predicted molar refractivity (Wildman–Crippen MR) is 87.0 cm³/mol. The number of rotatable bonds is 9. The maximum Gasteiger partial charge on any atom is 0.0610 e. The van der Waals surface area contributed by atoms with E-state index in [-0.39, 0.29) is 12.1 Å². The van der Waals surface area contributed by atoms with Gasteiger partial charge in [0.2, 0.25) is 0 Å². The normalized spacial score (nSPS) is 21.0. The van der Waals surface area contributed by atoms with Crippen LogP contribution in [0.2, 0.25) is 0 Å². The zero-order chi connectivity index (χ0) is 15.4. The van der Waals surface area contributed by atoms with Crippen LogP contribution in [0.15, 0.2) is 0 Å². The second-order valence-electron chi connectivity index (χ2n) is 8.12. The Bertz CT molecular complexity index is 283. The molecule has 1 saturated carbocycles. The van der Waals surface area contributed by atoms with Crippen molar-refractivity contribution in [1.82, 2.24) is 10.2 Å². The standard InChI is InChI=1S/C17H36N2O/c1-14(16(2,3)4)19(6)12-8-7-11-17(5,13-20)18-15-9-10-15/h14-15,18,20H,7-13H2,1-6H3. The summed E-state index contributed by atoms with van der Waals surface area (Å²) < 4.78 is 0. The molecule has 0 bridgehead atoms. The molecule has 3 heteroatoms. The number of nitrogens with one attached hydrogen (secondary N) is 1. The second kappa shape index (κ2) is 7.24. The van der Waals surface area contributed by atoms with Gasteiger partial charge in [0.25, 0.3) is 0 Å². The van der Waals surface area contributed by atoms with Crippen LogP contribution < -0.4 is 5.32 Å². The van der Waals surface area contributed by atoms with E-state index < -0.39 is 0 Å². The van der Waals surface area contributed by atoms with E-state index >= 15 is 0 Å². The summed E-state index contributed by atoms with van der Waals surface area (Å²) in [5, 5.41) is 13.2. The third-order valence-corrected chi connectivity index (χ3v) is 4.88. The maximum atomic E-state index is 9.59. The zero-order valence-electron chi connectivity index (χ0n) is 14.5. The average Bonchev–Trinajstić information content (AvgIpc) is 3.16. The Labute approximate surface area is 126 Å². The average molecular weight is 284 g/mol. The summed E-state index contributed by atoms with van der Waals surface area (Å²) in [7, 11) is 2.23.